The summed E-state index contributed by atoms with van der Waals surface area (Å²) in [5, 5.41) is 24.2. The molecule has 0 radical (unpaired) electrons. The first-order chi connectivity index (χ1) is 15.9. The van der Waals surface area contributed by atoms with Crippen molar-refractivity contribution in [1.29, 1.82) is 0 Å². The second kappa shape index (κ2) is 8.21. The van der Waals surface area contributed by atoms with Crippen LogP contribution in [0.25, 0.3) is 0 Å². The van der Waals surface area contributed by atoms with Gasteiger partial charge in [-0.2, -0.15) is 0 Å². The Morgan fingerprint density at radius 2 is 1.94 bits per heavy atom. The summed E-state index contributed by atoms with van der Waals surface area (Å²) in [6.07, 6.45) is 8.71. The van der Waals surface area contributed by atoms with Crippen molar-refractivity contribution in [3.05, 3.63) is 58.2 Å². The third-order valence-electron chi connectivity index (χ3n) is 9.38. The molecule has 0 saturated heterocycles. The lowest BCUT2D eigenvalue weighted by atomic mass is 9.51. The molecule has 0 aromatic heterocycles. The lowest BCUT2D eigenvalue weighted by Crippen LogP contribution is -2.54. The summed E-state index contributed by atoms with van der Waals surface area (Å²) < 4.78 is 5.85. The van der Waals surface area contributed by atoms with Crippen molar-refractivity contribution >= 4 is 11.5 Å². The smallest absolute Gasteiger partial charge is 0.171 e. The molecule has 2 N–H and O–H groups in total. The molecule has 1 aromatic carbocycles. The molecule has 0 bridgehead atoms. The van der Waals surface area contributed by atoms with E-state index in [1.54, 1.807) is 14.0 Å². The summed E-state index contributed by atoms with van der Waals surface area (Å²) in [6, 6.07) is 8.35. The van der Waals surface area contributed by atoms with Gasteiger partial charge in [0.1, 0.15) is 0 Å². The number of carbonyl (C=O) groups excluding carboxylic acids is 1. The fraction of sp³-hybridized carbons (Fsp3) is 0.571. The number of hydrogen-bond acceptors (Lipinski definition) is 5. The average Bonchev–Trinajstić information content (AvgIpc) is 3.15. The highest BCUT2D eigenvalue weighted by Crippen LogP contribution is 2.68. The molecule has 33 heavy (non-hydrogen) atoms. The third kappa shape index (κ3) is 3.27. The van der Waals surface area contributed by atoms with E-state index in [1.807, 2.05) is 18.2 Å². The molecule has 5 atom stereocenters. The summed E-state index contributed by atoms with van der Waals surface area (Å²) in [4.78, 5) is 12.2. The molecule has 4 aliphatic carbocycles. The molecule has 5 nitrogen and oxygen atoms in total. The summed E-state index contributed by atoms with van der Waals surface area (Å²) in [5.74, 6) is 0.140. The summed E-state index contributed by atoms with van der Waals surface area (Å²) in [7, 11) is 1.66. The van der Waals surface area contributed by atoms with Gasteiger partial charge in [-0.15, -0.1) is 0 Å². The Balaban J connectivity index is 1.67. The minimum absolute atomic E-state index is 0.179. The third-order valence-corrected chi connectivity index (χ3v) is 9.38. The topological polar surface area (TPSA) is 79.1 Å². The highest BCUT2D eigenvalue weighted by Gasteiger charge is 2.65. The van der Waals surface area contributed by atoms with Gasteiger partial charge < -0.3 is 15.1 Å². The number of oxime groups is 1. The van der Waals surface area contributed by atoms with Crippen LogP contribution in [0.1, 0.15) is 82.3 Å². The molecule has 5 rings (SSSR count). The highest BCUT2D eigenvalue weighted by molar-refractivity contribution is 5.98. The van der Waals surface area contributed by atoms with E-state index in [1.165, 1.54) is 22.3 Å². The Morgan fingerprint density at radius 3 is 2.61 bits per heavy atom. The van der Waals surface area contributed by atoms with Gasteiger partial charge >= 0.3 is 0 Å². The maximum absolute atomic E-state index is 12.2. The van der Waals surface area contributed by atoms with Gasteiger partial charge in [-0.1, -0.05) is 41.9 Å². The van der Waals surface area contributed by atoms with Crippen LogP contribution in [0.2, 0.25) is 0 Å². The van der Waals surface area contributed by atoms with Crippen LogP contribution in [0.5, 0.6) is 0 Å². The number of benzene rings is 1. The van der Waals surface area contributed by atoms with Crippen LogP contribution in [0.4, 0.5) is 0 Å². The molecule has 0 aliphatic heterocycles. The molecular formula is C28H35NO4. The number of methoxy groups -OCH3 is 1. The van der Waals surface area contributed by atoms with E-state index in [9.17, 15) is 9.90 Å². The standard InChI is InChI=1S/C28H35NO4/c1-4-27-16-24(19-7-5-18(6-8-19)17(2)29-32)26-22-12-10-21(30)15-20(22)9-11-23(26)25(27)13-14-28(27,31)33-3/h5-8,15,23-25,31-32H,4,9-14,16H2,1-3H3/t23-,24+,25-,27-,28+/m0/s1. The number of ether oxygens (including phenoxy) is 1. The number of rotatable bonds is 4. The summed E-state index contributed by atoms with van der Waals surface area (Å²) in [5.41, 5.74) is 6.59. The Bertz CT molecular complexity index is 1050. The fourth-order valence-corrected chi connectivity index (χ4v) is 7.73. The van der Waals surface area contributed by atoms with Crippen molar-refractivity contribution in [2.24, 2.45) is 22.4 Å². The predicted molar refractivity (Wildman–Crippen MR) is 127 cm³/mol. The van der Waals surface area contributed by atoms with Gasteiger partial charge in [0, 0.05) is 31.3 Å². The second-order valence-corrected chi connectivity index (χ2v) is 10.4. The number of ketones is 1. The molecule has 2 fully saturated rings. The van der Waals surface area contributed by atoms with Crippen molar-refractivity contribution in [1.82, 2.24) is 0 Å². The van der Waals surface area contributed by atoms with E-state index in [-0.39, 0.29) is 17.1 Å². The van der Waals surface area contributed by atoms with Crippen LogP contribution in [0.3, 0.4) is 0 Å². The second-order valence-electron chi connectivity index (χ2n) is 10.4. The Kier molecular flexibility index (Phi) is 5.61. The Morgan fingerprint density at radius 1 is 1.18 bits per heavy atom. The first-order valence-electron chi connectivity index (χ1n) is 12.4. The van der Waals surface area contributed by atoms with E-state index in [4.69, 9.17) is 9.94 Å². The Labute approximate surface area is 196 Å². The first-order valence-corrected chi connectivity index (χ1v) is 12.4. The SMILES string of the molecule is CC[C@]12C[C@H](c3ccc(C(C)=NO)cc3)C3=C4CCC(=O)C=C4CC[C@H]3[C@@H]1CC[C@@]2(O)OC. The van der Waals surface area contributed by atoms with Crippen LogP contribution < -0.4 is 0 Å². The molecule has 2 saturated carbocycles. The lowest BCUT2D eigenvalue weighted by molar-refractivity contribution is -0.263. The quantitative estimate of drug-likeness (QED) is 0.275. The largest absolute Gasteiger partial charge is 0.411 e. The zero-order valence-electron chi connectivity index (χ0n) is 19.9. The molecule has 0 heterocycles. The monoisotopic (exact) mass is 449 g/mol. The molecule has 0 unspecified atom stereocenters. The van der Waals surface area contributed by atoms with Crippen molar-refractivity contribution in [3.63, 3.8) is 0 Å². The molecule has 5 heteroatoms. The number of allylic oxidation sites excluding steroid dienone is 4. The number of aliphatic hydroxyl groups is 1. The van der Waals surface area contributed by atoms with E-state index in [0.717, 1.165) is 44.1 Å². The highest BCUT2D eigenvalue weighted by atomic mass is 16.6. The van der Waals surface area contributed by atoms with Crippen LogP contribution in [0, 0.1) is 17.3 Å². The predicted octanol–water partition coefficient (Wildman–Crippen LogP) is 5.51. The number of carbonyl (C=O) groups is 1. The fourth-order valence-electron chi connectivity index (χ4n) is 7.73. The zero-order valence-corrected chi connectivity index (χ0v) is 19.9. The van der Waals surface area contributed by atoms with Crippen molar-refractivity contribution in [3.8, 4) is 0 Å². The lowest BCUT2D eigenvalue weighted by Gasteiger charge is -2.55. The number of hydrogen-bond donors (Lipinski definition) is 2. The van der Waals surface area contributed by atoms with Gasteiger partial charge in [0.25, 0.3) is 0 Å². The number of nitrogens with zero attached hydrogens (tertiary/aromatic N) is 1. The average molecular weight is 450 g/mol. The van der Waals surface area contributed by atoms with Crippen LogP contribution in [-0.4, -0.2) is 34.7 Å². The Hall–Kier alpha value is -2.24. The minimum atomic E-state index is -1.10. The van der Waals surface area contributed by atoms with Crippen molar-refractivity contribution < 1.29 is 19.8 Å². The van der Waals surface area contributed by atoms with Gasteiger partial charge in [-0.25, -0.2) is 0 Å². The molecule has 1 aromatic rings. The number of fused-ring (bicyclic) bond motifs is 4. The van der Waals surface area contributed by atoms with Crippen LogP contribution >= 0.6 is 0 Å². The maximum atomic E-state index is 12.2. The van der Waals surface area contributed by atoms with Crippen molar-refractivity contribution in [2.75, 3.05) is 7.11 Å². The molecular weight excluding hydrogens is 414 g/mol. The normalized spacial score (nSPS) is 36.2. The zero-order chi connectivity index (χ0) is 23.4. The first kappa shape index (κ1) is 22.5. The summed E-state index contributed by atoms with van der Waals surface area (Å²) in [6.45, 7) is 4.00. The molecule has 176 valence electrons. The van der Waals surface area contributed by atoms with E-state index >= 15 is 0 Å². The molecule has 4 aliphatic rings. The van der Waals surface area contributed by atoms with E-state index in [2.05, 4.69) is 24.2 Å². The minimum Gasteiger partial charge on any atom is -0.411 e. The van der Waals surface area contributed by atoms with Gasteiger partial charge in [0.05, 0.1) is 5.71 Å². The summed E-state index contributed by atoms with van der Waals surface area (Å²) >= 11 is 0. The van der Waals surface area contributed by atoms with Crippen LogP contribution in [-0.2, 0) is 9.53 Å². The van der Waals surface area contributed by atoms with E-state index in [0.29, 0.717) is 30.4 Å². The van der Waals surface area contributed by atoms with Gasteiger partial charge in [0.2, 0.25) is 0 Å². The van der Waals surface area contributed by atoms with Crippen LogP contribution in [0.15, 0.2) is 52.2 Å². The van der Waals surface area contributed by atoms with E-state index < -0.39 is 5.79 Å². The molecule has 0 spiro atoms. The maximum Gasteiger partial charge on any atom is 0.171 e. The van der Waals surface area contributed by atoms with Gasteiger partial charge in [-0.05, 0) is 85.6 Å². The molecule has 0 amide bonds. The van der Waals surface area contributed by atoms with Gasteiger partial charge in [0.15, 0.2) is 11.6 Å². The van der Waals surface area contributed by atoms with Crippen molar-refractivity contribution in [2.45, 2.75) is 76.9 Å². The van der Waals surface area contributed by atoms with Gasteiger partial charge in [-0.3, -0.25) is 4.79 Å².